The first-order valence-corrected chi connectivity index (χ1v) is 6.71. The number of carbonyl (C=O) groups is 1. The van der Waals surface area contributed by atoms with Gasteiger partial charge in [-0.2, -0.15) is 0 Å². The predicted octanol–water partition coefficient (Wildman–Crippen LogP) is 1.88. The van der Waals surface area contributed by atoms with Gasteiger partial charge in [-0.15, -0.1) is 6.42 Å². The number of aryl methyl sites for hydroxylation is 1. The molecule has 2 rings (SSSR count). The number of likely N-dealkylation sites (tertiary alicyclic amines) is 1. The zero-order chi connectivity index (χ0) is 13.7. The number of hydrogen-bond donors (Lipinski definition) is 1. The molecule has 0 aliphatic carbocycles. The Morgan fingerprint density at radius 3 is 2.89 bits per heavy atom. The van der Waals surface area contributed by atoms with Crippen molar-refractivity contribution in [3.8, 4) is 12.3 Å². The van der Waals surface area contributed by atoms with Crippen LogP contribution in [0, 0.1) is 19.3 Å². The fourth-order valence-corrected chi connectivity index (χ4v) is 2.57. The minimum Gasteiger partial charge on any atom is -0.344 e. The molecule has 19 heavy (non-hydrogen) atoms. The van der Waals surface area contributed by atoms with Gasteiger partial charge < -0.3 is 5.32 Å². The van der Waals surface area contributed by atoms with E-state index in [2.05, 4.69) is 47.3 Å². The van der Waals surface area contributed by atoms with Crippen LogP contribution in [0.15, 0.2) is 24.3 Å². The Morgan fingerprint density at radius 2 is 2.21 bits per heavy atom. The van der Waals surface area contributed by atoms with E-state index in [1.807, 2.05) is 0 Å². The third kappa shape index (κ3) is 3.59. The van der Waals surface area contributed by atoms with E-state index in [-0.39, 0.29) is 5.91 Å². The minimum atomic E-state index is 0.0111. The molecule has 0 aromatic heterocycles. The van der Waals surface area contributed by atoms with Crippen LogP contribution in [0.25, 0.3) is 0 Å². The first-order chi connectivity index (χ1) is 9.20. The molecule has 1 fully saturated rings. The number of nitrogens with one attached hydrogen (secondary N) is 1. The van der Waals surface area contributed by atoms with Crippen molar-refractivity contribution in [3.63, 3.8) is 0 Å². The molecular formula is C16H20N2O. The van der Waals surface area contributed by atoms with Crippen LogP contribution in [0.3, 0.4) is 0 Å². The molecule has 3 nitrogen and oxygen atoms in total. The Kier molecular flexibility index (Phi) is 4.59. The lowest BCUT2D eigenvalue weighted by molar-refractivity contribution is -0.122. The maximum atomic E-state index is 11.7. The number of terminal acetylenes is 1. The van der Waals surface area contributed by atoms with E-state index in [0.717, 1.165) is 19.4 Å². The second-order valence-corrected chi connectivity index (χ2v) is 5.02. The highest BCUT2D eigenvalue weighted by atomic mass is 16.2. The van der Waals surface area contributed by atoms with Gasteiger partial charge in [-0.05, 0) is 31.9 Å². The van der Waals surface area contributed by atoms with Gasteiger partial charge in [0.15, 0.2) is 0 Å². The average Bonchev–Trinajstić information content (AvgIpc) is 2.85. The van der Waals surface area contributed by atoms with Gasteiger partial charge in [0.2, 0.25) is 5.91 Å². The Hall–Kier alpha value is -1.79. The van der Waals surface area contributed by atoms with Crippen LogP contribution in [0.1, 0.15) is 30.0 Å². The van der Waals surface area contributed by atoms with E-state index in [9.17, 15) is 4.79 Å². The van der Waals surface area contributed by atoms with Gasteiger partial charge in [-0.25, -0.2) is 0 Å². The average molecular weight is 256 g/mol. The molecule has 1 saturated heterocycles. The summed E-state index contributed by atoms with van der Waals surface area (Å²) < 4.78 is 0. The molecule has 0 radical (unpaired) electrons. The molecule has 0 bridgehead atoms. The monoisotopic (exact) mass is 256 g/mol. The van der Waals surface area contributed by atoms with Crippen LogP contribution in [0.5, 0.6) is 0 Å². The van der Waals surface area contributed by atoms with E-state index in [1.165, 1.54) is 11.1 Å². The number of benzene rings is 1. The fraction of sp³-hybridized carbons (Fsp3) is 0.438. The van der Waals surface area contributed by atoms with E-state index in [4.69, 9.17) is 6.42 Å². The van der Waals surface area contributed by atoms with Crippen molar-refractivity contribution < 1.29 is 4.79 Å². The summed E-state index contributed by atoms with van der Waals surface area (Å²) in [6.45, 7) is 3.80. The summed E-state index contributed by atoms with van der Waals surface area (Å²) in [4.78, 5) is 14.0. The minimum absolute atomic E-state index is 0.0111. The zero-order valence-electron chi connectivity index (χ0n) is 11.4. The number of carbonyl (C=O) groups excluding carboxylic acids is 1. The lowest BCUT2D eigenvalue weighted by atomic mass is 10.0. The summed E-state index contributed by atoms with van der Waals surface area (Å²) in [6.07, 6.45) is 7.40. The number of nitrogens with zero attached hydrogens (tertiary/aromatic N) is 1. The highest BCUT2D eigenvalue weighted by molar-refractivity contribution is 5.78. The van der Waals surface area contributed by atoms with Gasteiger partial charge in [0, 0.05) is 6.04 Å². The molecular weight excluding hydrogens is 236 g/mol. The number of amides is 1. The fourth-order valence-electron chi connectivity index (χ4n) is 2.57. The quantitative estimate of drug-likeness (QED) is 0.834. The van der Waals surface area contributed by atoms with Crippen LogP contribution in [-0.4, -0.2) is 30.4 Å². The Morgan fingerprint density at radius 1 is 1.47 bits per heavy atom. The van der Waals surface area contributed by atoms with Crippen molar-refractivity contribution in [2.24, 2.45) is 0 Å². The zero-order valence-corrected chi connectivity index (χ0v) is 11.4. The van der Waals surface area contributed by atoms with Gasteiger partial charge in [0.1, 0.15) is 0 Å². The SMILES string of the molecule is C#CCNC(=O)CN1CCCC1c1ccc(C)cc1. The third-order valence-corrected chi connectivity index (χ3v) is 3.56. The topological polar surface area (TPSA) is 32.3 Å². The van der Waals surface area contributed by atoms with Crippen molar-refractivity contribution in [2.45, 2.75) is 25.8 Å². The smallest absolute Gasteiger partial charge is 0.234 e. The van der Waals surface area contributed by atoms with Gasteiger partial charge in [-0.1, -0.05) is 35.7 Å². The molecule has 1 aliphatic heterocycles. The van der Waals surface area contributed by atoms with Gasteiger partial charge in [-0.3, -0.25) is 9.69 Å². The molecule has 0 spiro atoms. The molecule has 1 N–H and O–H groups in total. The van der Waals surface area contributed by atoms with Crippen LogP contribution in [0.2, 0.25) is 0 Å². The predicted molar refractivity (Wildman–Crippen MR) is 76.6 cm³/mol. The second-order valence-electron chi connectivity index (χ2n) is 5.02. The number of hydrogen-bond acceptors (Lipinski definition) is 2. The summed E-state index contributed by atoms with van der Waals surface area (Å²) in [5, 5.41) is 2.72. The third-order valence-electron chi connectivity index (χ3n) is 3.56. The highest BCUT2D eigenvalue weighted by Gasteiger charge is 2.27. The molecule has 3 heteroatoms. The van der Waals surface area contributed by atoms with Crippen molar-refractivity contribution >= 4 is 5.91 Å². The van der Waals surface area contributed by atoms with Crippen molar-refractivity contribution in [1.82, 2.24) is 10.2 Å². The molecule has 1 aromatic carbocycles. The first-order valence-electron chi connectivity index (χ1n) is 6.71. The summed E-state index contributed by atoms with van der Waals surface area (Å²) in [6, 6.07) is 8.95. The Labute approximate surface area is 115 Å². The van der Waals surface area contributed by atoms with Gasteiger partial charge >= 0.3 is 0 Å². The molecule has 1 aromatic rings. The van der Waals surface area contributed by atoms with Crippen LogP contribution in [0.4, 0.5) is 0 Å². The molecule has 100 valence electrons. The largest absolute Gasteiger partial charge is 0.344 e. The van der Waals surface area contributed by atoms with Crippen molar-refractivity contribution in [1.29, 1.82) is 0 Å². The van der Waals surface area contributed by atoms with Crippen LogP contribution < -0.4 is 5.32 Å². The molecule has 1 amide bonds. The molecule has 1 unspecified atom stereocenters. The number of rotatable bonds is 4. The van der Waals surface area contributed by atoms with Crippen LogP contribution in [-0.2, 0) is 4.79 Å². The van der Waals surface area contributed by atoms with Gasteiger partial charge in [0.05, 0.1) is 13.1 Å². The summed E-state index contributed by atoms with van der Waals surface area (Å²) >= 11 is 0. The second kappa shape index (κ2) is 6.40. The van der Waals surface area contributed by atoms with Crippen molar-refractivity contribution in [2.75, 3.05) is 19.6 Å². The lowest BCUT2D eigenvalue weighted by Gasteiger charge is -2.24. The Balaban J connectivity index is 1.99. The first kappa shape index (κ1) is 13.6. The standard InChI is InChI=1S/C16H20N2O/c1-3-10-17-16(19)12-18-11-4-5-15(18)14-8-6-13(2)7-9-14/h1,6-9,15H,4-5,10-12H2,2H3,(H,17,19). The lowest BCUT2D eigenvalue weighted by Crippen LogP contribution is -2.37. The molecule has 1 heterocycles. The van der Waals surface area contributed by atoms with E-state index in [1.54, 1.807) is 0 Å². The van der Waals surface area contributed by atoms with Crippen LogP contribution >= 0.6 is 0 Å². The summed E-state index contributed by atoms with van der Waals surface area (Å²) in [7, 11) is 0. The van der Waals surface area contributed by atoms with E-state index in [0.29, 0.717) is 19.1 Å². The molecule has 1 aliphatic rings. The Bertz CT molecular complexity index is 473. The molecule has 0 saturated carbocycles. The summed E-state index contributed by atoms with van der Waals surface area (Å²) in [5.41, 5.74) is 2.56. The highest BCUT2D eigenvalue weighted by Crippen LogP contribution is 2.31. The molecule has 1 atom stereocenters. The maximum absolute atomic E-state index is 11.7. The summed E-state index contributed by atoms with van der Waals surface area (Å²) in [5.74, 6) is 2.43. The van der Waals surface area contributed by atoms with E-state index >= 15 is 0 Å². The van der Waals surface area contributed by atoms with E-state index < -0.39 is 0 Å². The van der Waals surface area contributed by atoms with Gasteiger partial charge in [0.25, 0.3) is 0 Å². The maximum Gasteiger partial charge on any atom is 0.234 e. The normalized spacial score (nSPS) is 19.1. The van der Waals surface area contributed by atoms with Crippen molar-refractivity contribution in [3.05, 3.63) is 35.4 Å².